The van der Waals surface area contributed by atoms with E-state index in [9.17, 15) is 0 Å². The van der Waals surface area contributed by atoms with Gasteiger partial charge in [0.05, 0.1) is 0 Å². The number of nitrogens with one attached hydrogen (secondary N) is 3. The summed E-state index contributed by atoms with van der Waals surface area (Å²) >= 11 is 0. The molecule has 3 heterocycles. The van der Waals surface area contributed by atoms with E-state index in [0.29, 0.717) is 30.4 Å². The first kappa shape index (κ1) is 23.7. The summed E-state index contributed by atoms with van der Waals surface area (Å²) in [6.07, 6.45) is 5.29. The average molecular weight is 545 g/mol. The molecule has 0 fully saturated rings. The van der Waals surface area contributed by atoms with Crippen LogP contribution in [0.3, 0.4) is 0 Å². The van der Waals surface area contributed by atoms with Crippen LogP contribution in [0.4, 0.5) is 0 Å². The number of benzene rings is 1. The fourth-order valence-electron chi connectivity index (χ4n) is 3.38. The molecule has 0 aliphatic rings. The van der Waals surface area contributed by atoms with Crippen molar-refractivity contribution in [3.63, 3.8) is 0 Å². The van der Waals surface area contributed by atoms with Crippen molar-refractivity contribution in [3.8, 4) is 11.6 Å². The summed E-state index contributed by atoms with van der Waals surface area (Å²) in [5.74, 6) is 1.83. The van der Waals surface area contributed by atoms with Crippen LogP contribution in [-0.4, -0.2) is 45.7 Å². The van der Waals surface area contributed by atoms with Gasteiger partial charge in [-0.2, -0.15) is 4.98 Å². The summed E-state index contributed by atoms with van der Waals surface area (Å²) in [4.78, 5) is 16.6. The molecule has 0 aliphatic heterocycles. The number of halogens is 1. The molecule has 4 aromatic rings. The minimum Gasteiger partial charge on any atom is -0.361 e. The zero-order valence-corrected chi connectivity index (χ0v) is 20.6. The molecule has 0 atom stereocenters. The Bertz CT molecular complexity index is 1150. The fourth-order valence-corrected chi connectivity index (χ4v) is 3.38. The standard InChI is InChI=1S/C23H27N7O.HI/c1-3-24-23(26-12-9-17-15-28-20-14-16(2)7-8-18(17)20)27-13-10-21-29-22(31-30-21)19-6-4-5-11-25-19;/h4-8,11,14-15,28H,3,9-10,12-13H2,1-2H3,(H2,24,26,27);1H. The first-order valence-corrected chi connectivity index (χ1v) is 10.6. The van der Waals surface area contributed by atoms with E-state index >= 15 is 0 Å². The van der Waals surface area contributed by atoms with E-state index in [1.807, 2.05) is 18.2 Å². The largest absolute Gasteiger partial charge is 0.361 e. The number of H-pyrrole nitrogens is 1. The minimum absolute atomic E-state index is 0. The molecule has 0 amide bonds. The average Bonchev–Trinajstić information content (AvgIpc) is 3.41. The highest BCUT2D eigenvalue weighted by Crippen LogP contribution is 2.19. The summed E-state index contributed by atoms with van der Waals surface area (Å²) in [5, 5.41) is 12.0. The quantitative estimate of drug-likeness (QED) is 0.177. The van der Waals surface area contributed by atoms with Crippen LogP contribution in [0.5, 0.6) is 0 Å². The van der Waals surface area contributed by atoms with Crippen molar-refractivity contribution < 1.29 is 4.52 Å². The molecule has 0 saturated heterocycles. The molecule has 0 aliphatic carbocycles. The summed E-state index contributed by atoms with van der Waals surface area (Å²) < 4.78 is 5.30. The third-order valence-electron chi connectivity index (χ3n) is 4.91. The Labute approximate surface area is 204 Å². The lowest BCUT2D eigenvalue weighted by Gasteiger charge is -2.10. The molecule has 0 spiro atoms. The Morgan fingerprint density at radius 1 is 1.16 bits per heavy atom. The number of aryl methyl sites for hydroxylation is 1. The Kier molecular flexibility index (Phi) is 8.60. The number of rotatable bonds is 8. The highest BCUT2D eigenvalue weighted by molar-refractivity contribution is 14.0. The SMILES string of the molecule is CCNC(=NCCc1noc(-c2ccccn2)n1)NCCc1c[nH]c2cc(C)ccc12.I. The third kappa shape index (κ3) is 6.06. The number of pyridine rings is 1. The van der Waals surface area contributed by atoms with Crippen LogP contribution in [0.1, 0.15) is 23.9 Å². The van der Waals surface area contributed by atoms with Crippen LogP contribution < -0.4 is 10.6 Å². The van der Waals surface area contributed by atoms with Gasteiger partial charge in [-0.3, -0.25) is 9.98 Å². The normalized spacial score (nSPS) is 11.4. The topological polar surface area (TPSA) is 104 Å². The van der Waals surface area contributed by atoms with Gasteiger partial charge in [-0.15, -0.1) is 24.0 Å². The van der Waals surface area contributed by atoms with Gasteiger partial charge in [0.2, 0.25) is 0 Å². The van der Waals surface area contributed by atoms with Crippen molar-refractivity contribution in [2.24, 2.45) is 4.99 Å². The lowest BCUT2D eigenvalue weighted by molar-refractivity contribution is 0.421. The van der Waals surface area contributed by atoms with Gasteiger partial charge in [0.25, 0.3) is 5.89 Å². The molecule has 0 bridgehead atoms. The first-order chi connectivity index (χ1) is 15.2. The van der Waals surface area contributed by atoms with Crippen LogP contribution in [-0.2, 0) is 12.8 Å². The highest BCUT2D eigenvalue weighted by Gasteiger charge is 2.09. The van der Waals surface area contributed by atoms with Gasteiger partial charge >= 0.3 is 0 Å². The van der Waals surface area contributed by atoms with Crippen LogP contribution in [0.2, 0.25) is 0 Å². The van der Waals surface area contributed by atoms with E-state index in [4.69, 9.17) is 4.52 Å². The molecule has 8 nitrogen and oxygen atoms in total. The van der Waals surface area contributed by atoms with E-state index in [1.165, 1.54) is 22.0 Å². The van der Waals surface area contributed by atoms with Gasteiger partial charge < -0.3 is 20.1 Å². The number of nitrogens with zero attached hydrogens (tertiary/aromatic N) is 4. The zero-order valence-electron chi connectivity index (χ0n) is 18.3. The van der Waals surface area contributed by atoms with Crippen molar-refractivity contribution in [2.45, 2.75) is 26.7 Å². The molecule has 1 aromatic carbocycles. The Hall–Kier alpha value is -2.95. The lowest BCUT2D eigenvalue weighted by Crippen LogP contribution is -2.38. The van der Waals surface area contributed by atoms with Crippen LogP contribution in [0.15, 0.2) is 58.3 Å². The van der Waals surface area contributed by atoms with Crippen molar-refractivity contribution in [3.05, 3.63) is 65.7 Å². The third-order valence-corrected chi connectivity index (χ3v) is 4.91. The summed E-state index contributed by atoms with van der Waals surface area (Å²) in [7, 11) is 0. The van der Waals surface area contributed by atoms with Crippen LogP contribution in [0.25, 0.3) is 22.5 Å². The number of aromatic nitrogens is 4. The van der Waals surface area contributed by atoms with Gasteiger partial charge in [0.1, 0.15) is 5.69 Å². The molecule has 0 unspecified atom stereocenters. The lowest BCUT2D eigenvalue weighted by atomic mass is 10.1. The second kappa shape index (κ2) is 11.6. The molecule has 32 heavy (non-hydrogen) atoms. The Morgan fingerprint density at radius 3 is 2.88 bits per heavy atom. The van der Waals surface area contributed by atoms with Gasteiger partial charge in [0.15, 0.2) is 11.8 Å². The molecule has 0 saturated carbocycles. The smallest absolute Gasteiger partial charge is 0.276 e. The molecule has 4 rings (SSSR count). The minimum atomic E-state index is 0. The van der Waals surface area contributed by atoms with Crippen LogP contribution in [0, 0.1) is 6.92 Å². The molecule has 3 aromatic heterocycles. The maximum absolute atomic E-state index is 5.30. The molecular formula is C23H28IN7O. The Balaban J connectivity index is 0.00000289. The second-order valence-electron chi connectivity index (χ2n) is 7.28. The molecule has 3 N–H and O–H groups in total. The van der Waals surface area contributed by atoms with Gasteiger partial charge in [-0.05, 0) is 49.6 Å². The number of hydrogen-bond donors (Lipinski definition) is 3. The number of aliphatic imine (C=N–C) groups is 1. The molecule has 0 radical (unpaired) electrons. The first-order valence-electron chi connectivity index (χ1n) is 10.6. The van der Waals surface area contributed by atoms with Gasteiger partial charge in [-0.1, -0.05) is 23.4 Å². The van der Waals surface area contributed by atoms with E-state index in [2.05, 4.69) is 74.0 Å². The molecular weight excluding hydrogens is 517 g/mol. The van der Waals surface area contributed by atoms with Gasteiger partial charge in [-0.25, -0.2) is 0 Å². The number of fused-ring (bicyclic) bond motifs is 1. The van der Waals surface area contributed by atoms with Gasteiger partial charge in [0, 0.05) is 49.4 Å². The number of aromatic amines is 1. The summed E-state index contributed by atoms with van der Waals surface area (Å²) in [5.41, 5.74) is 4.41. The summed E-state index contributed by atoms with van der Waals surface area (Å²) in [6.45, 7) is 6.30. The fraction of sp³-hybridized carbons (Fsp3) is 0.304. The maximum Gasteiger partial charge on any atom is 0.276 e. The van der Waals surface area contributed by atoms with Crippen molar-refractivity contribution in [2.75, 3.05) is 19.6 Å². The van der Waals surface area contributed by atoms with Crippen molar-refractivity contribution in [1.29, 1.82) is 0 Å². The van der Waals surface area contributed by atoms with Crippen LogP contribution >= 0.6 is 24.0 Å². The van der Waals surface area contributed by atoms with E-state index in [1.54, 1.807) is 6.20 Å². The van der Waals surface area contributed by atoms with E-state index < -0.39 is 0 Å². The maximum atomic E-state index is 5.30. The monoisotopic (exact) mass is 545 g/mol. The van der Waals surface area contributed by atoms with E-state index in [-0.39, 0.29) is 24.0 Å². The van der Waals surface area contributed by atoms with Crippen molar-refractivity contribution in [1.82, 2.24) is 30.7 Å². The molecule has 168 valence electrons. The summed E-state index contributed by atoms with van der Waals surface area (Å²) in [6, 6.07) is 12.1. The Morgan fingerprint density at radius 2 is 2.06 bits per heavy atom. The number of guanidine groups is 1. The highest BCUT2D eigenvalue weighted by atomic mass is 127. The predicted octanol–water partition coefficient (Wildman–Crippen LogP) is 3.88. The second-order valence-corrected chi connectivity index (χ2v) is 7.28. The number of hydrogen-bond acceptors (Lipinski definition) is 5. The van der Waals surface area contributed by atoms with Crippen molar-refractivity contribution >= 4 is 40.8 Å². The zero-order chi connectivity index (χ0) is 21.5. The van der Waals surface area contributed by atoms with E-state index in [0.717, 1.165) is 25.5 Å². The molecule has 9 heteroatoms. The predicted molar refractivity (Wildman–Crippen MR) is 137 cm³/mol.